The number of halogens is 4. The average molecular weight is 570 g/mol. The van der Waals surface area contributed by atoms with Crippen molar-refractivity contribution < 1.29 is 4.42 Å². The Hall–Kier alpha value is -2.83. The van der Waals surface area contributed by atoms with Crippen LogP contribution in [-0.2, 0) is 5.41 Å². The molecule has 2 heterocycles. The van der Waals surface area contributed by atoms with Gasteiger partial charge >= 0.3 is 0 Å². The third-order valence-electron chi connectivity index (χ3n) is 7.04. The maximum atomic E-state index is 6.61. The van der Waals surface area contributed by atoms with Crippen LogP contribution in [0.3, 0.4) is 0 Å². The average Bonchev–Trinajstić information content (AvgIpc) is 3.47. The van der Waals surface area contributed by atoms with E-state index in [9.17, 15) is 0 Å². The molecule has 0 saturated heterocycles. The van der Waals surface area contributed by atoms with E-state index in [1.54, 1.807) is 10.7 Å². The quantitative estimate of drug-likeness (QED) is 0.212. The highest BCUT2D eigenvalue weighted by Crippen LogP contribution is 2.49. The first-order valence-electron chi connectivity index (χ1n) is 11.8. The highest BCUT2D eigenvalue weighted by atomic mass is 35.5. The second kappa shape index (κ2) is 9.48. The van der Waals surface area contributed by atoms with Crippen molar-refractivity contribution in [3.8, 4) is 28.5 Å². The highest BCUT2D eigenvalue weighted by molar-refractivity contribution is 6.43. The zero-order chi connectivity index (χ0) is 25.7. The Kier molecular flexibility index (Phi) is 6.28. The zero-order valence-corrected chi connectivity index (χ0v) is 22.7. The summed E-state index contributed by atoms with van der Waals surface area (Å²) in [5.41, 5.74) is 4.62. The predicted molar refractivity (Wildman–Crippen MR) is 148 cm³/mol. The van der Waals surface area contributed by atoms with Crippen LogP contribution in [0.1, 0.15) is 36.3 Å². The Morgan fingerprint density at radius 1 is 0.838 bits per heavy atom. The molecule has 3 aromatic carbocycles. The van der Waals surface area contributed by atoms with Gasteiger partial charge < -0.3 is 4.42 Å². The van der Waals surface area contributed by atoms with Crippen LogP contribution in [0.4, 0.5) is 0 Å². The topological polar surface area (TPSA) is 56.7 Å². The van der Waals surface area contributed by atoms with Crippen molar-refractivity contribution in [1.82, 2.24) is 20.0 Å². The van der Waals surface area contributed by atoms with Crippen molar-refractivity contribution in [2.75, 3.05) is 0 Å². The fourth-order valence-corrected chi connectivity index (χ4v) is 5.54. The van der Waals surface area contributed by atoms with Gasteiger partial charge in [-0.05, 0) is 61.7 Å². The molecular formula is C28H20Cl4N4O. The number of benzene rings is 3. The summed E-state index contributed by atoms with van der Waals surface area (Å²) in [6.45, 7) is 1.98. The van der Waals surface area contributed by atoms with E-state index in [1.165, 1.54) is 0 Å². The first-order chi connectivity index (χ1) is 17.9. The Bertz CT molecular complexity index is 1600. The van der Waals surface area contributed by atoms with Crippen molar-refractivity contribution in [3.05, 3.63) is 104 Å². The minimum atomic E-state index is -0.318. The van der Waals surface area contributed by atoms with E-state index in [-0.39, 0.29) is 5.41 Å². The SMILES string of the molecule is Cc1c(-c2nnc(C3(c4ccc(Cl)cc4)CCC3)o2)nn(-c2cccc(Cl)c2Cl)c1-c1ccc(Cl)cc1. The molecule has 5 nitrogen and oxygen atoms in total. The second-order valence-corrected chi connectivity index (χ2v) is 10.8. The molecule has 6 rings (SSSR count). The van der Waals surface area contributed by atoms with Gasteiger partial charge in [-0.15, -0.1) is 10.2 Å². The molecule has 0 spiro atoms. The van der Waals surface area contributed by atoms with Gasteiger partial charge in [0.15, 0.2) is 5.69 Å². The smallest absolute Gasteiger partial charge is 0.268 e. The molecule has 0 unspecified atom stereocenters. The van der Waals surface area contributed by atoms with E-state index in [1.807, 2.05) is 67.6 Å². The van der Waals surface area contributed by atoms with Gasteiger partial charge in [0.05, 0.1) is 26.8 Å². The Labute approximate surface area is 234 Å². The molecule has 0 N–H and O–H groups in total. The van der Waals surface area contributed by atoms with Gasteiger partial charge in [0.2, 0.25) is 5.89 Å². The van der Waals surface area contributed by atoms with E-state index >= 15 is 0 Å². The van der Waals surface area contributed by atoms with E-state index in [0.29, 0.717) is 43.3 Å². The lowest BCUT2D eigenvalue weighted by Gasteiger charge is -2.39. The summed E-state index contributed by atoms with van der Waals surface area (Å²) in [5.74, 6) is 0.929. The van der Waals surface area contributed by atoms with Crippen molar-refractivity contribution in [2.45, 2.75) is 31.6 Å². The highest BCUT2D eigenvalue weighted by Gasteiger charge is 2.45. The van der Waals surface area contributed by atoms with Gasteiger partial charge in [0, 0.05) is 21.2 Å². The molecule has 186 valence electrons. The minimum Gasteiger partial charge on any atom is -0.418 e. The molecule has 1 aliphatic carbocycles. The Morgan fingerprint density at radius 2 is 1.51 bits per heavy atom. The van der Waals surface area contributed by atoms with Crippen LogP contribution >= 0.6 is 46.4 Å². The number of nitrogens with zero attached hydrogens (tertiary/aromatic N) is 4. The first kappa shape index (κ1) is 24.5. The van der Waals surface area contributed by atoms with Crippen LogP contribution in [0.2, 0.25) is 20.1 Å². The van der Waals surface area contributed by atoms with Crippen LogP contribution in [0.15, 0.2) is 71.1 Å². The fourth-order valence-electron chi connectivity index (χ4n) is 4.91. The number of rotatable bonds is 5. The lowest BCUT2D eigenvalue weighted by molar-refractivity contribution is 0.241. The lowest BCUT2D eigenvalue weighted by Crippen LogP contribution is -2.35. The standard InChI is InChI=1S/C28H20Cl4N4O/c1-16-24(26-33-34-27(37-26)28(14-3-15-28)18-8-12-20(30)13-9-18)35-36(22-5-2-4-21(31)23(22)32)25(16)17-6-10-19(29)11-7-17/h2,4-13H,3,14-15H2,1H3. The maximum absolute atomic E-state index is 6.61. The van der Waals surface area contributed by atoms with Crippen molar-refractivity contribution >= 4 is 46.4 Å². The monoisotopic (exact) mass is 568 g/mol. The molecule has 2 aromatic heterocycles. The fraction of sp³-hybridized carbons (Fsp3) is 0.179. The molecule has 1 saturated carbocycles. The molecule has 1 aliphatic rings. The summed E-state index contributed by atoms with van der Waals surface area (Å²) < 4.78 is 8.11. The van der Waals surface area contributed by atoms with Crippen LogP contribution in [0.25, 0.3) is 28.5 Å². The third kappa shape index (κ3) is 4.15. The Balaban J connectivity index is 1.50. The van der Waals surface area contributed by atoms with E-state index in [0.717, 1.165) is 41.6 Å². The number of hydrogen-bond donors (Lipinski definition) is 0. The van der Waals surface area contributed by atoms with Crippen molar-refractivity contribution in [1.29, 1.82) is 0 Å². The largest absolute Gasteiger partial charge is 0.418 e. The first-order valence-corrected chi connectivity index (χ1v) is 13.3. The molecule has 0 radical (unpaired) electrons. The van der Waals surface area contributed by atoms with Crippen LogP contribution < -0.4 is 0 Å². The van der Waals surface area contributed by atoms with Crippen molar-refractivity contribution in [2.24, 2.45) is 0 Å². The lowest BCUT2D eigenvalue weighted by atomic mass is 9.64. The molecular weight excluding hydrogens is 550 g/mol. The summed E-state index contributed by atoms with van der Waals surface area (Å²) in [6.07, 6.45) is 2.94. The summed E-state index contributed by atoms with van der Waals surface area (Å²) >= 11 is 25.3. The van der Waals surface area contributed by atoms with E-state index in [2.05, 4.69) is 10.2 Å². The minimum absolute atomic E-state index is 0.318. The molecule has 0 amide bonds. The zero-order valence-electron chi connectivity index (χ0n) is 19.7. The molecule has 0 atom stereocenters. The van der Waals surface area contributed by atoms with Gasteiger partial charge in [0.25, 0.3) is 5.89 Å². The summed E-state index contributed by atoms with van der Waals surface area (Å²) in [7, 11) is 0. The van der Waals surface area contributed by atoms with Crippen molar-refractivity contribution in [3.63, 3.8) is 0 Å². The molecule has 1 fully saturated rings. The second-order valence-electron chi connectivity index (χ2n) is 9.17. The van der Waals surface area contributed by atoms with Crippen LogP contribution in [0, 0.1) is 6.92 Å². The summed E-state index contributed by atoms with van der Waals surface area (Å²) in [4.78, 5) is 0. The van der Waals surface area contributed by atoms with Gasteiger partial charge in [-0.3, -0.25) is 0 Å². The maximum Gasteiger partial charge on any atom is 0.268 e. The van der Waals surface area contributed by atoms with Crippen LogP contribution in [-0.4, -0.2) is 20.0 Å². The van der Waals surface area contributed by atoms with E-state index in [4.69, 9.17) is 55.9 Å². The van der Waals surface area contributed by atoms with Gasteiger partial charge in [-0.1, -0.05) is 83.2 Å². The molecule has 37 heavy (non-hydrogen) atoms. The number of hydrogen-bond acceptors (Lipinski definition) is 4. The third-order valence-corrected chi connectivity index (χ3v) is 8.35. The number of aromatic nitrogens is 4. The van der Waals surface area contributed by atoms with Gasteiger partial charge in [0.1, 0.15) is 0 Å². The summed E-state index contributed by atoms with van der Waals surface area (Å²) in [6, 6.07) is 20.9. The predicted octanol–water partition coefficient (Wildman–Crippen LogP) is 8.98. The molecule has 0 aliphatic heterocycles. The molecule has 5 aromatic rings. The van der Waals surface area contributed by atoms with Gasteiger partial charge in [-0.25, -0.2) is 4.68 Å². The molecule has 9 heteroatoms. The van der Waals surface area contributed by atoms with E-state index < -0.39 is 0 Å². The Morgan fingerprint density at radius 3 is 2.16 bits per heavy atom. The van der Waals surface area contributed by atoms with Gasteiger partial charge in [-0.2, -0.15) is 5.10 Å². The van der Waals surface area contributed by atoms with Crippen LogP contribution in [0.5, 0.6) is 0 Å². The summed E-state index contributed by atoms with van der Waals surface area (Å²) in [5, 5.41) is 16.0. The normalized spacial score (nSPS) is 14.5. The molecule has 0 bridgehead atoms.